The zero-order chi connectivity index (χ0) is 22.3. The number of hydrogen-bond acceptors (Lipinski definition) is 4. The molecule has 0 spiro atoms. The van der Waals surface area contributed by atoms with Crippen LogP contribution in [-0.4, -0.2) is 42.0 Å². The minimum Gasteiger partial charge on any atom is -0.497 e. The van der Waals surface area contributed by atoms with Crippen LogP contribution in [0.5, 0.6) is 11.5 Å². The van der Waals surface area contributed by atoms with Gasteiger partial charge in [-0.1, -0.05) is 12.1 Å². The third-order valence-corrected chi connectivity index (χ3v) is 5.07. The molecule has 0 saturated heterocycles. The van der Waals surface area contributed by atoms with Gasteiger partial charge in [0, 0.05) is 15.7 Å². The number of methoxy groups -OCH3 is 1. The first kappa shape index (κ1) is 24.0. The van der Waals surface area contributed by atoms with E-state index in [0.717, 1.165) is 14.9 Å². The first-order valence-corrected chi connectivity index (χ1v) is 10.8. The summed E-state index contributed by atoms with van der Waals surface area (Å²) in [7, 11) is 1.60. The molecule has 0 aliphatic carbocycles. The van der Waals surface area contributed by atoms with Gasteiger partial charge in [-0.05, 0) is 92.2 Å². The molecule has 2 rings (SSSR count). The highest BCUT2D eigenvalue weighted by atomic mass is 127. The lowest BCUT2D eigenvalue weighted by Gasteiger charge is -2.31. The Labute approximate surface area is 192 Å². The molecule has 2 aromatic rings. The SMILES string of the molecule is COc1ccc(CN(C(=O)COc2ccc(I)cc2)[C@@H](C)C(=O)NC(C)(C)C)cc1. The Kier molecular flexibility index (Phi) is 8.52. The predicted octanol–water partition coefficient (Wildman–Crippen LogP) is 4.01. The number of nitrogens with one attached hydrogen (secondary N) is 1. The molecule has 0 aliphatic rings. The second-order valence-electron chi connectivity index (χ2n) is 8.03. The van der Waals surface area contributed by atoms with E-state index >= 15 is 0 Å². The second kappa shape index (κ2) is 10.7. The quantitative estimate of drug-likeness (QED) is 0.531. The number of amides is 2. The van der Waals surface area contributed by atoms with Crippen molar-refractivity contribution in [3.05, 3.63) is 57.7 Å². The smallest absolute Gasteiger partial charge is 0.261 e. The van der Waals surface area contributed by atoms with E-state index < -0.39 is 11.6 Å². The number of benzene rings is 2. The summed E-state index contributed by atoms with van der Waals surface area (Å²) in [5, 5.41) is 2.94. The van der Waals surface area contributed by atoms with Crippen molar-refractivity contribution in [2.45, 2.75) is 45.8 Å². The Bertz CT molecular complexity index is 845. The van der Waals surface area contributed by atoms with Crippen molar-refractivity contribution in [2.75, 3.05) is 13.7 Å². The highest BCUT2D eigenvalue weighted by molar-refractivity contribution is 14.1. The minimum absolute atomic E-state index is 0.149. The molecule has 0 unspecified atom stereocenters. The van der Waals surface area contributed by atoms with Gasteiger partial charge in [-0.25, -0.2) is 0 Å². The van der Waals surface area contributed by atoms with Gasteiger partial charge in [0.25, 0.3) is 5.91 Å². The van der Waals surface area contributed by atoms with Crippen LogP contribution in [0.4, 0.5) is 0 Å². The number of rotatable bonds is 8. The monoisotopic (exact) mass is 524 g/mol. The van der Waals surface area contributed by atoms with Crippen LogP contribution >= 0.6 is 22.6 Å². The van der Waals surface area contributed by atoms with E-state index in [2.05, 4.69) is 27.9 Å². The lowest BCUT2D eigenvalue weighted by molar-refractivity contribution is -0.142. The van der Waals surface area contributed by atoms with E-state index in [1.165, 1.54) is 4.90 Å². The fraction of sp³-hybridized carbons (Fsp3) is 0.391. The van der Waals surface area contributed by atoms with E-state index in [4.69, 9.17) is 9.47 Å². The Balaban J connectivity index is 2.16. The van der Waals surface area contributed by atoms with E-state index in [1.807, 2.05) is 69.3 Å². The molecule has 0 fully saturated rings. The number of carbonyl (C=O) groups excluding carboxylic acids is 2. The standard InChI is InChI=1S/C23H29IN2O4/c1-16(22(28)25-23(2,3)4)26(14-17-6-10-19(29-5)11-7-17)21(27)15-30-20-12-8-18(24)9-13-20/h6-13,16H,14-15H2,1-5H3,(H,25,28)/t16-/m0/s1. The summed E-state index contributed by atoms with van der Waals surface area (Å²) < 4.78 is 11.9. The number of halogens is 1. The summed E-state index contributed by atoms with van der Waals surface area (Å²) in [5.74, 6) is 0.872. The number of nitrogens with zero attached hydrogens (tertiary/aromatic N) is 1. The summed E-state index contributed by atoms with van der Waals surface area (Å²) in [6, 6.07) is 14.2. The summed E-state index contributed by atoms with van der Waals surface area (Å²) >= 11 is 2.21. The molecule has 0 bridgehead atoms. The zero-order valence-corrected chi connectivity index (χ0v) is 20.2. The average Bonchev–Trinajstić information content (AvgIpc) is 2.70. The van der Waals surface area contributed by atoms with E-state index in [9.17, 15) is 9.59 Å². The van der Waals surface area contributed by atoms with Gasteiger partial charge >= 0.3 is 0 Å². The molecule has 1 atom stereocenters. The molecule has 7 heteroatoms. The average molecular weight is 524 g/mol. The topological polar surface area (TPSA) is 67.9 Å². The molecule has 2 amide bonds. The first-order chi connectivity index (χ1) is 14.1. The fourth-order valence-electron chi connectivity index (χ4n) is 2.74. The Morgan fingerprint density at radius 3 is 2.13 bits per heavy atom. The van der Waals surface area contributed by atoms with E-state index in [1.54, 1.807) is 14.0 Å². The zero-order valence-electron chi connectivity index (χ0n) is 18.1. The lowest BCUT2D eigenvalue weighted by Crippen LogP contribution is -2.53. The maximum absolute atomic E-state index is 13.0. The van der Waals surface area contributed by atoms with Crippen molar-refractivity contribution in [1.82, 2.24) is 10.2 Å². The van der Waals surface area contributed by atoms with Gasteiger partial charge in [-0.15, -0.1) is 0 Å². The van der Waals surface area contributed by atoms with Gasteiger partial charge in [-0.3, -0.25) is 9.59 Å². The summed E-state index contributed by atoms with van der Waals surface area (Å²) in [6.07, 6.45) is 0. The normalized spacial score (nSPS) is 12.1. The van der Waals surface area contributed by atoms with Gasteiger partial charge in [0.05, 0.1) is 7.11 Å². The molecule has 0 aromatic heterocycles. The maximum Gasteiger partial charge on any atom is 0.261 e. The molecular formula is C23H29IN2O4. The molecule has 0 aliphatic heterocycles. The molecule has 2 aromatic carbocycles. The number of hydrogen-bond donors (Lipinski definition) is 1. The summed E-state index contributed by atoms with van der Waals surface area (Å²) in [6.45, 7) is 7.60. The van der Waals surface area contributed by atoms with Crippen LogP contribution in [0.2, 0.25) is 0 Å². The minimum atomic E-state index is -0.654. The van der Waals surface area contributed by atoms with Crippen LogP contribution in [0.1, 0.15) is 33.3 Å². The molecule has 6 nitrogen and oxygen atoms in total. The lowest BCUT2D eigenvalue weighted by atomic mass is 10.1. The molecule has 0 heterocycles. The van der Waals surface area contributed by atoms with Gasteiger partial charge in [-0.2, -0.15) is 0 Å². The largest absolute Gasteiger partial charge is 0.497 e. The van der Waals surface area contributed by atoms with E-state index in [0.29, 0.717) is 5.75 Å². The molecule has 162 valence electrons. The maximum atomic E-state index is 13.0. The second-order valence-corrected chi connectivity index (χ2v) is 9.27. The third kappa shape index (κ3) is 7.51. The van der Waals surface area contributed by atoms with Crippen LogP contribution in [-0.2, 0) is 16.1 Å². The summed E-state index contributed by atoms with van der Waals surface area (Å²) in [5.41, 5.74) is 0.506. The van der Waals surface area contributed by atoms with Crippen molar-refractivity contribution in [2.24, 2.45) is 0 Å². The Hall–Kier alpha value is -2.29. The third-order valence-electron chi connectivity index (χ3n) is 4.35. The van der Waals surface area contributed by atoms with Gasteiger partial charge in [0.2, 0.25) is 5.91 Å². The van der Waals surface area contributed by atoms with Crippen molar-refractivity contribution in [1.29, 1.82) is 0 Å². The van der Waals surface area contributed by atoms with Crippen molar-refractivity contribution < 1.29 is 19.1 Å². The number of carbonyl (C=O) groups is 2. The molecule has 30 heavy (non-hydrogen) atoms. The fourth-order valence-corrected chi connectivity index (χ4v) is 3.10. The van der Waals surface area contributed by atoms with Crippen molar-refractivity contribution in [3.8, 4) is 11.5 Å². The Morgan fingerprint density at radius 2 is 1.60 bits per heavy atom. The molecule has 0 radical (unpaired) electrons. The van der Waals surface area contributed by atoms with Crippen molar-refractivity contribution in [3.63, 3.8) is 0 Å². The van der Waals surface area contributed by atoms with Crippen LogP contribution in [0.25, 0.3) is 0 Å². The highest BCUT2D eigenvalue weighted by Crippen LogP contribution is 2.17. The predicted molar refractivity (Wildman–Crippen MR) is 126 cm³/mol. The highest BCUT2D eigenvalue weighted by Gasteiger charge is 2.28. The van der Waals surface area contributed by atoms with Gasteiger partial charge in [0.15, 0.2) is 6.61 Å². The van der Waals surface area contributed by atoms with E-state index in [-0.39, 0.29) is 25.0 Å². The number of ether oxygens (including phenoxy) is 2. The summed E-state index contributed by atoms with van der Waals surface area (Å²) in [4.78, 5) is 27.3. The van der Waals surface area contributed by atoms with Crippen LogP contribution < -0.4 is 14.8 Å². The van der Waals surface area contributed by atoms with Gasteiger partial charge in [0.1, 0.15) is 17.5 Å². The van der Waals surface area contributed by atoms with Crippen LogP contribution in [0.15, 0.2) is 48.5 Å². The van der Waals surface area contributed by atoms with Crippen molar-refractivity contribution >= 4 is 34.4 Å². The van der Waals surface area contributed by atoms with Gasteiger partial charge < -0.3 is 19.7 Å². The molecular weight excluding hydrogens is 495 g/mol. The Morgan fingerprint density at radius 1 is 1.03 bits per heavy atom. The van der Waals surface area contributed by atoms with Crippen LogP contribution in [0, 0.1) is 3.57 Å². The molecule has 0 saturated carbocycles. The molecule has 1 N–H and O–H groups in total. The van der Waals surface area contributed by atoms with Crippen LogP contribution in [0.3, 0.4) is 0 Å². The first-order valence-electron chi connectivity index (χ1n) is 9.72.